The first-order chi connectivity index (χ1) is 8.36. The number of nitrogens with zero attached hydrogens (tertiary/aromatic N) is 1. The van der Waals surface area contributed by atoms with E-state index in [-0.39, 0.29) is 11.7 Å². The van der Waals surface area contributed by atoms with Crippen LogP contribution in [0, 0.1) is 11.2 Å². The molecule has 4 nitrogen and oxygen atoms in total. The van der Waals surface area contributed by atoms with Crippen molar-refractivity contribution >= 4 is 27.5 Å². The Morgan fingerprint density at radius 1 is 1.56 bits per heavy atom. The molecule has 0 aromatic heterocycles. The minimum atomic E-state index is -0.440. The summed E-state index contributed by atoms with van der Waals surface area (Å²) in [6.45, 7) is 4.25. The van der Waals surface area contributed by atoms with Crippen LogP contribution >= 0.6 is 15.9 Å². The van der Waals surface area contributed by atoms with Crippen molar-refractivity contribution in [2.24, 2.45) is 16.3 Å². The number of anilines is 1. The molecule has 0 heterocycles. The summed E-state index contributed by atoms with van der Waals surface area (Å²) in [6, 6.07) is 4.70. The van der Waals surface area contributed by atoms with Crippen LogP contribution in [0.2, 0.25) is 0 Å². The predicted octanol–water partition coefficient (Wildman–Crippen LogP) is 3.16. The van der Waals surface area contributed by atoms with Gasteiger partial charge in [0.2, 0.25) is 0 Å². The van der Waals surface area contributed by atoms with Crippen molar-refractivity contribution in [3.63, 3.8) is 0 Å². The van der Waals surface area contributed by atoms with E-state index in [1.807, 2.05) is 13.8 Å². The summed E-state index contributed by atoms with van der Waals surface area (Å²) >= 11 is 3.28. The molecular weight excluding hydrogens is 301 g/mol. The van der Waals surface area contributed by atoms with Gasteiger partial charge in [-0.05, 0) is 24.6 Å². The van der Waals surface area contributed by atoms with Gasteiger partial charge in [0.05, 0.1) is 5.69 Å². The number of nitrogens with two attached hydrogens (primary N) is 1. The third-order valence-electron chi connectivity index (χ3n) is 2.79. The second kappa shape index (κ2) is 6.04. The number of benzene rings is 1. The topological polar surface area (TPSA) is 70.6 Å². The molecule has 0 saturated heterocycles. The van der Waals surface area contributed by atoms with E-state index in [0.29, 0.717) is 18.7 Å². The van der Waals surface area contributed by atoms with Crippen molar-refractivity contribution in [1.29, 1.82) is 0 Å². The molecular formula is C12H17BrFN3O. The zero-order valence-electron chi connectivity index (χ0n) is 10.4. The highest BCUT2D eigenvalue weighted by Crippen LogP contribution is 2.23. The highest BCUT2D eigenvalue weighted by molar-refractivity contribution is 9.10. The molecule has 0 atom stereocenters. The van der Waals surface area contributed by atoms with Gasteiger partial charge in [0.1, 0.15) is 11.7 Å². The van der Waals surface area contributed by atoms with Crippen LogP contribution in [0.15, 0.2) is 27.8 Å². The monoisotopic (exact) mass is 317 g/mol. The molecule has 0 bridgehead atoms. The lowest BCUT2D eigenvalue weighted by Gasteiger charge is -2.23. The summed E-state index contributed by atoms with van der Waals surface area (Å²) in [5.41, 5.74) is 5.56. The molecule has 4 N–H and O–H groups in total. The molecule has 0 fully saturated rings. The first kappa shape index (κ1) is 14.8. The number of hydrogen-bond donors (Lipinski definition) is 3. The van der Waals surface area contributed by atoms with Gasteiger partial charge in [-0.2, -0.15) is 0 Å². The largest absolute Gasteiger partial charge is 0.409 e. The Hall–Kier alpha value is -1.30. The van der Waals surface area contributed by atoms with Gasteiger partial charge in [0.25, 0.3) is 0 Å². The van der Waals surface area contributed by atoms with Crippen molar-refractivity contribution in [2.75, 3.05) is 11.9 Å². The van der Waals surface area contributed by atoms with E-state index in [4.69, 9.17) is 10.9 Å². The molecule has 1 rings (SSSR count). The number of oxime groups is 1. The Bertz CT molecular complexity index is 449. The molecule has 1 aromatic carbocycles. The maximum absolute atomic E-state index is 13.4. The zero-order valence-corrected chi connectivity index (χ0v) is 12.0. The molecule has 0 aliphatic heterocycles. The molecule has 18 heavy (non-hydrogen) atoms. The van der Waals surface area contributed by atoms with Gasteiger partial charge in [0.15, 0.2) is 0 Å². The van der Waals surface area contributed by atoms with E-state index >= 15 is 0 Å². The molecule has 1 aromatic rings. The summed E-state index contributed by atoms with van der Waals surface area (Å²) < 4.78 is 14.2. The van der Waals surface area contributed by atoms with Crippen molar-refractivity contribution in [1.82, 2.24) is 0 Å². The van der Waals surface area contributed by atoms with Crippen LogP contribution in [0.25, 0.3) is 0 Å². The zero-order chi connectivity index (χ0) is 13.8. The predicted molar refractivity (Wildman–Crippen MR) is 74.4 cm³/mol. The van der Waals surface area contributed by atoms with Crippen LogP contribution in [-0.2, 0) is 0 Å². The summed E-state index contributed by atoms with van der Waals surface area (Å²) in [4.78, 5) is 0. The molecule has 6 heteroatoms. The fraction of sp³-hybridized carbons (Fsp3) is 0.417. The van der Waals surface area contributed by atoms with Crippen molar-refractivity contribution < 1.29 is 9.60 Å². The first-order valence-electron chi connectivity index (χ1n) is 5.54. The first-order valence-corrected chi connectivity index (χ1v) is 6.33. The average molecular weight is 318 g/mol. The molecule has 0 saturated carbocycles. The van der Waals surface area contributed by atoms with E-state index in [0.717, 1.165) is 4.47 Å². The molecule has 0 unspecified atom stereocenters. The summed E-state index contributed by atoms with van der Waals surface area (Å²) in [7, 11) is 0. The highest BCUT2D eigenvalue weighted by atomic mass is 79.9. The van der Waals surface area contributed by atoms with E-state index in [1.165, 1.54) is 6.07 Å². The van der Waals surface area contributed by atoms with E-state index in [2.05, 4.69) is 26.4 Å². The minimum absolute atomic E-state index is 0.166. The van der Waals surface area contributed by atoms with Crippen LogP contribution in [-0.4, -0.2) is 17.6 Å². The Kier molecular flexibility index (Phi) is 4.95. The molecule has 0 spiro atoms. The number of rotatable bonds is 5. The van der Waals surface area contributed by atoms with Gasteiger partial charge in [0, 0.05) is 16.4 Å². The van der Waals surface area contributed by atoms with Crippen LogP contribution in [0.1, 0.15) is 20.3 Å². The van der Waals surface area contributed by atoms with Crippen molar-refractivity contribution in [3.8, 4) is 0 Å². The normalized spacial score (nSPS) is 12.6. The van der Waals surface area contributed by atoms with Crippen molar-refractivity contribution in [3.05, 3.63) is 28.5 Å². The van der Waals surface area contributed by atoms with Crippen molar-refractivity contribution in [2.45, 2.75) is 20.3 Å². The number of hydrogen-bond acceptors (Lipinski definition) is 3. The van der Waals surface area contributed by atoms with Crippen LogP contribution in [0.4, 0.5) is 10.1 Å². The van der Waals surface area contributed by atoms with E-state index < -0.39 is 5.41 Å². The fourth-order valence-electron chi connectivity index (χ4n) is 1.41. The quantitative estimate of drug-likeness (QED) is 0.338. The Morgan fingerprint density at radius 2 is 2.22 bits per heavy atom. The van der Waals surface area contributed by atoms with Gasteiger partial charge in [-0.25, -0.2) is 4.39 Å². The number of halogens is 2. The molecule has 0 radical (unpaired) electrons. The van der Waals surface area contributed by atoms with Crippen LogP contribution in [0.3, 0.4) is 0 Å². The minimum Gasteiger partial charge on any atom is -0.409 e. The second-order valence-corrected chi connectivity index (χ2v) is 5.59. The van der Waals surface area contributed by atoms with Crippen LogP contribution in [0.5, 0.6) is 0 Å². The van der Waals surface area contributed by atoms with Gasteiger partial charge < -0.3 is 16.3 Å². The summed E-state index contributed by atoms with van der Waals surface area (Å²) in [5, 5.41) is 14.6. The number of amidine groups is 1. The Balaban J connectivity index is 2.59. The molecule has 100 valence electrons. The van der Waals surface area contributed by atoms with Gasteiger partial charge >= 0.3 is 0 Å². The maximum Gasteiger partial charge on any atom is 0.146 e. The second-order valence-electron chi connectivity index (χ2n) is 4.67. The fourth-order valence-corrected chi connectivity index (χ4v) is 1.77. The number of nitrogens with one attached hydrogen (secondary N) is 1. The van der Waals surface area contributed by atoms with Crippen LogP contribution < -0.4 is 11.1 Å². The molecule has 0 aliphatic rings. The SMILES string of the molecule is CC(C)(CCNc1cc(Br)ccc1F)C(N)=NO. The maximum atomic E-state index is 13.4. The Labute approximate surface area is 114 Å². The summed E-state index contributed by atoms with van der Waals surface area (Å²) in [6.07, 6.45) is 0.620. The van der Waals surface area contributed by atoms with Gasteiger partial charge in [-0.15, -0.1) is 0 Å². The highest BCUT2D eigenvalue weighted by Gasteiger charge is 2.23. The Morgan fingerprint density at radius 3 is 2.83 bits per heavy atom. The smallest absolute Gasteiger partial charge is 0.146 e. The van der Waals surface area contributed by atoms with E-state index in [1.54, 1.807) is 12.1 Å². The average Bonchev–Trinajstić information content (AvgIpc) is 2.32. The molecule has 0 amide bonds. The van der Waals surface area contributed by atoms with E-state index in [9.17, 15) is 4.39 Å². The lowest BCUT2D eigenvalue weighted by molar-refractivity contribution is 0.306. The lowest BCUT2D eigenvalue weighted by atomic mass is 9.88. The molecule has 0 aliphatic carbocycles. The van der Waals surface area contributed by atoms with Gasteiger partial charge in [-0.1, -0.05) is 34.9 Å². The summed E-state index contributed by atoms with van der Waals surface area (Å²) in [5.74, 6) is -0.140. The standard InChI is InChI=1S/C12H17BrFN3O/c1-12(2,11(15)17-18)5-6-16-10-7-8(13)3-4-9(10)14/h3-4,7,16,18H,5-6H2,1-2H3,(H2,15,17). The lowest BCUT2D eigenvalue weighted by Crippen LogP contribution is -2.33. The van der Waals surface area contributed by atoms with Gasteiger partial charge in [-0.3, -0.25) is 0 Å². The third kappa shape index (κ3) is 3.87. The third-order valence-corrected chi connectivity index (χ3v) is 3.29.